The number of hydrogen-bond acceptors (Lipinski definition) is 4. The molecular weight excluding hydrogens is 282 g/mol. The molecule has 0 unspecified atom stereocenters. The topological polar surface area (TPSA) is 84.1 Å². The van der Waals surface area contributed by atoms with Gasteiger partial charge in [0.25, 0.3) is 5.91 Å². The maximum atomic E-state index is 12.4. The molecule has 6 nitrogen and oxygen atoms in total. The molecule has 22 heavy (non-hydrogen) atoms. The van der Waals surface area contributed by atoms with Crippen molar-refractivity contribution in [3.63, 3.8) is 0 Å². The van der Waals surface area contributed by atoms with Gasteiger partial charge >= 0.3 is 5.97 Å². The lowest BCUT2D eigenvalue weighted by atomic mass is 10.1. The Morgan fingerprint density at radius 2 is 2.00 bits per heavy atom. The minimum atomic E-state index is -0.429. The molecule has 0 saturated heterocycles. The summed E-state index contributed by atoms with van der Waals surface area (Å²) in [6.45, 7) is 7.33. The van der Waals surface area contributed by atoms with Gasteiger partial charge in [-0.05, 0) is 45.4 Å². The average Bonchev–Trinajstić information content (AvgIpc) is 2.74. The SMILES string of the molecule is CCOC(=O)c1c(C)[nH]c(C(=O)Nc2cccc(C)n2)c1C. The van der Waals surface area contributed by atoms with Gasteiger partial charge in [0.2, 0.25) is 0 Å². The smallest absolute Gasteiger partial charge is 0.340 e. The van der Waals surface area contributed by atoms with Gasteiger partial charge in [0, 0.05) is 11.4 Å². The molecule has 0 saturated carbocycles. The molecule has 0 aliphatic rings. The molecule has 2 aromatic heterocycles. The van der Waals surface area contributed by atoms with Crippen molar-refractivity contribution in [2.75, 3.05) is 11.9 Å². The van der Waals surface area contributed by atoms with Crippen LogP contribution in [0, 0.1) is 20.8 Å². The van der Waals surface area contributed by atoms with Crippen molar-refractivity contribution in [2.24, 2.45) is 0 Å². The fourth-order valence-corrected chi connectivity index (χ4v) is 2.28. The summed E-state index contributed by atoms with van der Waals surface area (Å²) < 4.78 is 5.01. The number of aromatic nitrogens is 2. The summed E-state index contributed by atoms with van der Waals surface area (Å²) in [5, 5.41) is 2.72. The lowest BCUT2D eigenvalue weighted by Gasteiger charge is -2.05. The maximum Gasteiger partial charge on any atom is 0.340 e. The van der Waals surface area contributed by atoms with Crippen molar-refractivity contribution >= 4 is 17.7 Å². The molecule has 2 heterocycles. The van der Waals surface area contributed by atoms with E-state index >= 15 is 0 Å². The number of H-pyrrole nitrogens is 1. The van der Waals surface area contributed by atoms with Crippen LogP contribution < -0.4 is 5.32 Å². The molecule has 0 aliphatic heterocycles. The van der Waals surface area contributed by atoms with E-state index in [0.717, 1.165) is 5.69 Å². The maximum absolute atomic E-state index is 12.4. The largest absolute Gasteiger partial charge is 0.462 e. The van der Waals surface area contributed by atoms with E-state index in [1.807, 2.05) is 19.1 Å². The van der Waals surface area contributed by atoms with Crippen molar-refractivity contribution in [1.82, 2.24) is 9.97 Å². The van der Waals surface area contributed by atoms with Crippen molar-refractivity contribution in [2.45, 2.75) is 27.7 Å². The highest BCUT2D eigenvalue weighted by Crippen LogP contribution is 2.20. The number of hydrogen-bond donors (Lipinski definition) is 2. The Labute approximate surface area is 128 Å². The Morgan fingerprint density at radius 3 is 2.64 bits per heavy atom. The van der Waals surface area contributed by atoms with Crippen molar-refractivity contribution in [3.05, 3.63) is 46.4 Å². The van der Waals surface area contributed by atoms with Gasteiger partial charge in [0.15, 0.2) is 0 Å². The van der Waals surface area contributed by atoms with Gasteiger partial charge in [-0.2, -0.15) is 0 Å². The highest BCUT2D eigenvalue weighted by molar-refractivity contribution is 6.06. The zero-order valence-corrected chi connectivity index (χ0v) is 13.1. The van der Waals surface area contributed by atoms with Gasteiger partial charge in [0.05, 0.1) is 12.2 Å². The quantitative estimate of drug-likeness (QED) is 0.850. The highest BCUT2D eigenvalue weighted by atomic mass is 16.5. The van der Waals surface area contributed by atoms with Gasteiger partial charge in [-0.25, -0.2) is 9.78 Å². The van der Waals surface area contributed by atoms with E-state index in [1.165, 1.54) is 0 Å². The Balaban J connectivity index is 2.27. The Kier molecular flexibility index (Phi) is 4.60. The Bertz CT molecular complexity index is 719. The van der Waals surface area contributed by atoms with Crippen LogP contribution in [-0.4, -0.2) is 28.5 Å². The summed E-state index contributed by atoms with van der Waals surface area (Å²) in [6, 6.07) is 5.37. The van der Waals surface area contributed by atoms with Crippen LogP contribution in [0.4, 0.5) is 5.82 Å². The van der Waals surface area contributed by atoms with E-state index < -0.39 is 5.97 Å². The number of nitrogens with one attached hydrogen (secondary N) is 2. The van der Waals surface area contributed by atoms with Crippen LogP contribution >= 0.6 is 0 Å². The molecule has 0 aliphatic carbocycles. The third-order valence-corrected chi connectivity index (χ3v) is 3.27. The monoisotopic (exact) mass is 301 g/mol. The first kappa shape index (κ1) is 15.8. The third-order valence-electron chi connectivity index (χ3n) is 3.27. The van der Waals surface area contributed by atoms with Gasteiger partial charge < -0.3 is 15.0 Å². The zero-order valence-electron chi connectivity index (χ0n) is 13.1. The first-order valence-electron chi connectivity index (χ1n) is 7.05. The number of aryl methyl sites for hydroxylation is 2. The summed E-state index contributed by atoms with van der Waals surface area (Å²) in [5.41, 5.74) is 2.73. The molecule has 0 radical (unpaired) electrons. The molecular formula is C16H19N3O3. The summed E-state index contributed by atoms with van der Waals surface area (Å²) >= 11 is 0. The number of rotatable bonds is 4. The van der Waals surface area contributed by atoms with Crippen LogP contribution in [0.3, 0.4) is 0 Å². The third kappa shape index (κ3) is 3.16. The van der Waals surface area contributed by atoms with Gasteiger partial charge in [0.1, 0.15) is 11.5 Å². The van der Waals surface area contributed by atoms with E-state index in [1.54, 1.807) is 26.8 Å². The number of nitrogens with zero attached hydrogens (tertiary/aromatic N) is 1. The fraction of sp³-hybridized carbons (Fsp3) is 0.312. The molecule has 2 N–H and O–H groups in total. The predicted molar refractivity (Wildman–Crippen MR) is 83.2 cm³/mol. The van der Waals surface area contributed by atoms with Crippen molar-refractivity contribution in [1.29, 1.82) is 0 Å². The fourth-order valence-electron chi connectivity index (χ4n) is 2.28. The number of carbonyl (C=O) groups is 2. The Morgan fingerprint density at radius 1 is 1.27 bits per heavy atom. The molecule has 0 spiro atoms. The number of carbonyl (C=O) groups excluding carboxylic acids is 2. The second kappa shape index (κ2) is 6.43. The number of amides is 1. The van der Waals surface area contributed by atoms with E-state index in [2.05, 4.69) is 15.3 Å². The molecule has 0 aromatic carbocycles. The second-order valence-corrected chi connectivity index (χ2v) is 4.96. The highest BCUT2D eigenvalue weighted by Gasteiger charge is 2.23. The predicted octanol–water partition coefficient (Wildman–Crippen LogP) is 2.76. The minimum absolute atomic E-state index is 0.289. The van der Waals surface area contributed by atoms with E-state index in [9.17, 15) is 9.59 Å². The van der Waals surface area contributed by atoms with Crippen molar-refractivity contribution < 1.29 is 14.3 Å². The molecule has 2 rings (SSSR count). The number of anilines is 1. The lowest BCUT2D eigenvalue weighted by Crippen LogP contribution is -2.15. The Hall–Kier alpha value is -2.63. The van der Waals surface area contributed by atoms with Crippen LogP contribution in [0.15, 0.2) is 18.2 Å². The minimum Gasteiger partial charge on any atom is -0.462 e. The van der Waals surface area contributed by atoms with Crippen LogP contribution in [-0.2, 0) is 4.74 Å². The van der Waals surface area contributed by atoms with Crippen molar-refractivity contribution in [3.8, 4) is 0 Å². The number of ether oxygens (including phenoxy) is 1. The van der Waals surface area contributed by atoms with Gasteiger partial charge in [-0.1, -0.05) is 6.07 Å². The summed E-state index contributed by atoms with van der Waals surface area (Å²) in [5.74, 6) is -0.301. The first-order valence-corrected chi connectivity index (χ1v) is 7.05. The summed E-state index contributed by atoms with van der Waals surface area (Å²) in [7, 11) is 0. The summed E-state index contributed by atoms with van der Waals surface area (Å²) in [4.78, 5) is 31.5. The molecule has 1 amide bonds. The van der Waals surface area contributed by atoms with E-state index in [-0.39, 0.29) is 12.5 Å². The summed E-state index contributed by atoms with van der Waals surface area (Å²) in [6.07, 6.45) is 0. The van der Waals surface area contributed by atoms with E-state index in [4.69, 9.17) is 4.74 Å². The molecule has 0 atom stereocenters. The average molecular weight is 301 g/mol. The molecule has 2 aromatic rings. The van der Waals surface area contributed by atoms with Crippen LogP contribution in [0.25, 0.3) is 0 Å². The standard InChI is InChI=1S/C16H19N3O3/c1-5-22-16(21)13-10(3)14(18-11(13)4)15(20)19-12-8-6-7-9(2)17-12/h6-8,18H,5H2,1-4H3,(H,17,19,20). The normalized spacial score (nSPS) is 10.4. The lowest BCUT2D eigenvalue weighted by molar-refractivity contribution is 0.0525. The molecule has 116 valence electrons. The molecule has 6 heteroatoms. The van der Waals surface area contributed by atoms with E-state index in [0.29, 0.717) is 28.3 Å². The number of pyridine rings is 1. The second-order valence-electron chi connectivity index (χ2n) is 4.96. The zero-order chi connectivity index (χ0) is 16.3. The van der Waals surface area contributed by atoms with Gasteiger partial charge in [-0.15, -0.1) is 0 Å². The molecule has 0 fully saturated rings. The molecule has 0 bridgehead atoms. The van der Waals surface area contributed by atoms with Gasteiger partial charge in [-0.3, -0.25) is 4.79 Å². The number of esters is 1. The van der Waals surface area contributed by atoms with Crippen LogP contribution in [0.1, 0.15) is 44.7 Å². The van der Waals surface area contributed by atoms with Crippen LogP contribution in [0.2, 0.25) is 0 Å². The van der Waals surface area contributed by atoms with Crippen LogP contribution in [0.5, 0.6) is 0 Å². The first-order chi connectivity index (χ1) is 10.4. The number of aromatic amines is 1.